The van der Waals surface area contributed by atoms with Gasteiger partial charge in [0.25, 0.3) is 0 Å². The summed E-state index contributed by atoms with van der Waals surface area (Å²) in [7, 11) is 1.64. The molecule has 0 aliphatic carbocycles. The lowest BCUT2D eigenvalue weighted by molar-refractivity contribution is 0.123. The van der Waals surface area contributed by atoms with E-state index < -0.39 is 0 Å². The molecular weight excluding hydrogens is 154 g/mol. The van der Waals surface area contributed by atoms with Gasteiger partial charge in [0.05, 0.1) is 19.3 Å². The number of nitrogens with one attached hydrogen (secondary N) is 1. The minimum atomic E-state index is 0.0641. The molecule has 0 rings (SSSR count). The van der Waals surface area contributed by atoms with E-state index in [1.165, 1.54) is 0 Å². The summed E-state index contributed by atoms with van der Waals surface area (Å²) in [5.74, 6) is 0. The molecule has 0 aliphatic heterocycles. The summed E-state index contributed by atoms with van der Waals surface area (Å²) in [6.45, 7) is 8.04. The molecule has 1 unspecified atom stereocenters. The molecule has 0 spiro atoms. The highest BCUT2D eigenvalue weighted by molar-refractivity contribution is 4.70. The smallest absolute Gasteiger partial charge is 0.0638 e. The Labute approximate surface area is 75.1 Å². The van der Waals surface area contributed by atoms with Crippen molar-refractivity contribution in [2.24, 2.45) is 5.41 Å². The fourth-order valence-electron chi connectivity index (χ4n) is 0.828. The molecule has 0 fully saturated rings. The zero-order valence-corrected chi connectivity index (χ0v) is 8.55. The van der Waals surface area contributed by atoms with Crippen molar-refractivity contribution in [3.63, 3.8) is 0 Å². The fraction of sp³-hybridized carbons (Fsp3) is 1.00. The molecule has 0 aromatic carbocycles. The van der Waals surface area contributed by atoms with Crippen molar-refractivity contribution in [2.75, 3.05) is 26.9 Å². The molecule has 0 aromatic heterocycles. The first-order valence-electron chi connectivity index (χ1n) is 4.33. The molecule has 0 aromatic rings. The van der Waals surface area contributed by atoms with E-state index in [0.29, 0.717) is 6.61 Å². The van der Waals surface area contributed by atoms with Crippen LogP contribution in [0.4, 0.5) is 0 Å². The zero-order valence-electron chi connectivity index (χ0n) is 8.55. The Kier molecular flexibility index (Phi) is 5.46. The number of methoxy groups -OCH3 is 1. The second-order valence-corrected chi connectivity index (χ2v) is 4.28. The number of hydrogen-bond acceptors (Lipinski definition) is 3. The lowest BCUT2D eigenvalue weighted by Gasteiger charge is -2.23. The van der Waals surface area contributed by atoms with Crippen molar-refractivity contribution in [1.82, 2.24) is 5.32 Å². The summed E-state index contributed by atoms with van der Waals surface area (Å²) in [5.41, 5.74) is 0.251. The van der Waals surface area contributed by atoms with Gasteiger partial charge in [-0.2, -0.15) is 0 Å². The maximum absolute atomic E-state index is 8.91. The van der Waals surface area contributed by atoms with Crippen molar-refractivity contribution in [3.8, 4) is 0 Å². The third-order valence-corrected chi connectivity index (χ3v) is 1.51. The van der Waals surface area contributed by atoms with Crippen LogP contribution in [0.3, 0.4) is 0 Å². The van der Waals surface area contributed by atoms with Gasteiger partial charge in [-0.25, -0.2) is 0 Å². The summed E-state index contributed by atoms with van der Waals surface area (Å²) < 4.78 is 4.94. The van der Waals surface area contributed by atoms with Gasteiger partial charge >= 0.3 is 0 Å². The van der Waals surface area contributed by atoms with E-state index in [1.807, 2.05) is 0 Å². The Bertz CT molecular complexity index is 110. The van der Waals surface area contributed by atoms with Gasteiger partial charge < -0.3 is 15.2 Å². The molecule has 0 saturated heterocycles. The average molecular weight is 175 g/mol. The Morgan fingerprint density at radius 3 is 2.33 bits per heavy atom. The Morgan fingerprint density at radius 1 is 1.42 bits per heavy atom. The molecule has 12 heavy (non-hydrogen) atoms. The van der Waals surface area contributed by atoms with Crippen LogP contribution < -0.4 is 5.32 Å². The molecule has 0 aliphatic rings. The number of aliphatic hydroxyl groups is 1. The second kappa shape index (κ2) is 5.51. The molecule has 0 amide bonds. The molecular formula is C9H21NO2. The predicted molar refractivity (Wildman–Crippen MR) is 50.2 cm³/mol. The number of aliphatic hydroxyl groups excluding tert-OH is 1. The highest BCUT2D eigenvalue weighted by Gasteiger charge is 2.13. The van der Waals surface area contributed by atoms with E-state index in [9.17, 15) is 0 Å². The van der Waals surface area contributed by atoms with E-state index in [-0.39, 0.29) is 18.1 Å². The highest BCUT2D eigenvalue weighted by Crippen LogP contribution is 2.10. The number of ether oxygens (including phenoxy) is 1. The maximum Gasteiger partial charge on any atom is 0.0638 e. The third-order valence-electron chi connectivity index (χ3n) is 1.51. The molecule has 0 saturated carbocycles. The first-order chi connectivity index (χ1) is 5.49. The van der Waals surface area contributed by atoms with Crippen molar-refractivity contribution >= 4 is 0 Å². The molecule has 3 nitrogen and oxygen atoms in total. The average Bonchev–Trinajstić information content (AvgIpc) is 1.96. The van der Waals surface area contributed by atoms with Crippen LogP contribution in [0.15, 0.2) is 0 Å². The van der Waals surface area contributed by atoms with Crippen molar-refractivity contribution in [3.05, 3.63) is 0 Å². The number of hydrogen-bond donors (Lipinski definition) is 2. The van der Waals surface area contributed by atoms with E-state index >= 15 is 0 Å². The standard InChI is InChI=1S/C9H21NO2/c1-9(2,3)7-10-8(5-11)6-12-4/h8,10-11H,5-7H2,1-4H3. The maximum atomic E-state index is 8.91. The SMILES string of the molecule is COCC(CO)NCC(C)(C)C. The van der Waals surface area contributed by atoms with Crippen LogP contribution in [-0.4, -0.2) is 38.0 Å². The Morgan fingerprint density at radius 2 is 2.00 bits per heavy atom. The topological polar surface area (TPSA) is 41.5 Å². The highest BCUT2D eigenvalue weighted by atomic mass is 16.5. The van der Waals surface area contributed by atoms with Crippen LogP contribution in [0.1, 0.15) is 20.8 Å². The van der Waals surface area contributed by atoms with Crippen LogP contribution in [0.25, 0.3) is 0 Å². The van der Waals surface area contributed by atoms with Crippen molar-refractivity contribution in [1.29, 1.82) is 0 Å². The van der Waals surface area contributed by atoms with E-state index in [4.69, 9.17) is 9.84 Å². The van der Waals surface area contributed by atoms with Crippen molar-refractivity contribution in [2.45, 2.75) is 26.8 Å². The van der Waals surface area contributed by atoms with Gasteiger partial charge in [0.1, 0.15) is 0 Å². The third kappa shape index (κ3) is 6.58. The fourth-order valence-corrected chi connectivity index (χ4v) is 0.828. The summed E-state index contributed by atoms with van der Waals surface area (Å²) >= 11 is 0. The van der Waals surface area contributed by atoms with Gasteiger partial charge in [0.2, 0.25) is 0 Å². The molecule has 0 radical (unpaired) electrons. The van der Waals surface area contributed by atoms with Gasteiger partial charge in [0.15, 0.2) is 0 Å². The van der Waals surface area contributed by atoms with Gasteiger partial charge in [-0.1, -0.05) is 20.8 Å². The van der Waals surface area contributed by atoms with Crippen LogP contribution in [-0.2, 0) is 4.74 Å². The van der Waals surface area contributed by atoms with Crippen LogP contribution in [0, 0.1) is 5.41 Å². The van der Waals surface area contributed by atoms with E-state index in [2.05, 4.69) is 26.1 Å². The molecule has 2 N–H and O–H groups in total. The largest absolute Gasteiger partial charge is 0.395 e. The summed E-state index contributed by atoms with van der Waals surface area (Å²) in [5, 5.41) is 12.1. The van der Waals surface area contributed by atoms with Gasteiger partial charge in [-0.15, -0.1) is 0 Å². The van der Waals surface area contributed by atoms with E-state index in [1.54, 1.807) is 7.11 Å². The Balaban J connectivity index is 3.58. The molecule has 74 valence electrons. The molecule has 0 heterocycles. The first-order valence-corrected chi connectivity index (χ1v) is 4.33. The van der Waals surface area contributed by atoms with Gasteiger partial charge in [0, 0.05) is 13.7 Å². The monoisotopic (exact) mass is 175 g/mol. The van der Waals surface area contributed by atoms with Crippen LogP contribution in [0.5, 0.6) is 0 Å². The van der Waals surface area contributed by atoms with Gasteiger partial charge in [-0.05, 0) is 5.41 Å². The van der Waals surface area contributed by atoms with Crippen LogP contribution in [0.2, 0.25) is 0 Å². The Hall–Kier alpha value is -0.120. The lowest BCUT2D eigenvalue weighted by Crippen LogP contribution is -2.40. The quantitative estimate of drug-likeness (QED) is 0.644. The van der Waals surface area contributed by atoms with Crippen LogP contribution >= 0.6 is 0 Å². The minimum absolute atomic E-state index is 0.0641. The van der Waals surface area contributed by atoms with Gasteiger partial charge in [-0.3, -0.25) is 0 Å². The summed E-state index contributed by atoms with van der Waals surface area (Å²) in [6, 6.07) is 0.0641. The normalized spacial score (nSPS) is 14.8. The summed E-state index contributed by atoms with van der Waals surface area (Å²) in [6.07, 6.45) is 0. The molecule has 3 heteroatoms. The molecule has 1 atom stereocenters. The minimum Gasteiger partial charge on any atom is -0.395 e. The zero-order chi connectivity index (χ0) is 9.61. The van der Waals surface area contributed by atoms with Crippen molar-refractivity contribution < 1.29 is 9.84 Å². The first kappa shape index (κ1) is 11.9. The second-order valence-electron chi connectivity index (χ2n) is 4.28. The summed E-state index contributed by atoms with van der Waals surface area (Å²) in [4.78, 5) is 0. The number of rotatable bonds is 5. The lowest BCUT2D eigenvalue weighted by atomic mass is 9.96. The molecule has 0 bridgehead atoms. The van der Waals surface area contributed by atoms with E-state index in [0.717, 1.165) is 6.54 Å². The predicted octanol–water partition coefficient (Wildman–Crippen LogP) is 0.629.